The zero-order valence-electron chi connectivity index (χ0n) is 33.0. The Bertz CT molecular complexity index is 2100. The number of Topliss-reactive ketones (excluding diaryl/α,β-unsaturated/α-hetero) is 2. The summed E-state index contributed by atoms with van der Waals surface area (Å²) in [5.74, 6) is -1.27. The number of amides is 2. The molecular weight excluding hydrogens is 756 g/mol. The molecule has 1 aliphatic heterocycles. The van der Waals surface area contributed by atoms with E-state index in [1.165, 1.54) is 4.90 Å². The Kier molecular flexibility index (Phi) is 16.0. The van der Waals surface area contributed by atoms with Gasteiger partial charge in [-0.25, -0.2) is 0 Å². The molecule has 0 spiro atoms. The standard InChI is InChI=1S/C45H51ClN6O6/c1-29-24-40(54)44(52(2)43(55)17-21-50-28-30-5-8-32(9-6-30)33-10-13-35(46)14-11-33)34-12-16-42(58-23-20-49)37(27-34)36-25-31(7-15-41(36)57-22-19-48)26-38(51-45(29)56)39(53)4-3-18-47/h5-16,25,27,29,38,44,50H,3-4,17,19-24,26,28,48-49H2,1-2H3,(H,51,56)/t29-,38+,44+/m1/s1. The molecular formula is C45H51ClN6O6. The van der Waals surface area contributed by atoms with Gasteiger partial charge in [-0.15, -0.1) is 0 Å². The molecule has 1 heterocycles. The molecule has 5 rings (SSSR count). The van der Waals surface area contributed by atoms with Crippen molar-refractivity contribution in [2.75, 3.05) is 39.9 Å². The number of carbonyl (C=O) groups excluding carboxylic acids is 4. The van der Waals surface area contributed by atoms with Crippen LogP contribution in [0.3, 0.4) is 0 Å². The Balaban J connectivity index is 1.44. The number of hydrogen-bond acceptors (Lipinski definition) is 10. The summed E-state index contributed by atoms with van der Waals surface area (Å²) in [6.07, 6.45) is 0.00549. The molecule has 1 aliphatic rings. The fourth-order valence-corrected chi connectivity index (χ4v) is 7.04. The van der Waals surface area contributed by atoms with Crippen molar-refractivity contribution in [1.82, 2.24) is 15.5 Å². The number of nitrogens with zero attached hydrogens (tertiary/aromatic N) is 2. The highest BCUT2D eigenvalue weighted by molar-refractivity contribution is 6.30. The summed E-state index contributed by atoms with van der Waals surface area (Å²) in [7, 11) is 1.59. The number of nitriles is 1. The molecule has 58 heavy (non-hydrogen) atoms. The third-order valence-electron chi connectivity index (χ3n) is 10.0. The van der Waals surface area contributed by atoms with Crippen LogP contribution in [0.4, 0.5) is 0 Å². The van der Waals surface area contributed by atoms with Crippen molar-refractivity contribution in [2.45, 2.75) is 57.7 Å². The topological polar surface area (TPSA) is 190 Å². The molecule has 12 nitrogen and oxygen atoms in total. The molecule has 304 valence electrons. The molecule has 6 N–H and O–H groups in total. The summed E-state index contributed by atoms with van der Waals surface area (Å²) in [5.41, 5.74) is 17.2. The lowest BCUT2D eigenvalue weighted by Gasteiger charge is -2.30. The Labute approximate surface area is 344 Å². The largest absolute Gasteiger partial charge is 0.492 e. The summed E-state index contributed by atoms with van der Waals surface area (Å²) >= 11 is 6.04. The SMILES string of the molecule is C[C@@H]1CC(=O)[C@@H](N(C)C(=O)CCNCc2ccc(-c3ccc(Cl)cc3)cc2)c2ccc(OCCN)c(c2)-c2cc(ccc2OCCN)C[C@@H](C(=O)CCC#N)NC1=O. The summed E-state index contributed by atoms with van der Waals surface area (Å²) in [4.78, 5) is 56.6. The molecule has 4 aromatic carbocycles. The van der Waals surface area contributed by atoms with E-state index in [1.54, 1.807) is 32.2 Å². The predicted octanol–water partition coefficient (Wildman–Crippen LogP) is 5.54. The van der Waals surface area contributed by atoms with Gasteiger partial charge in [-0.3, -0.25) is 19.2 Å². The van der Waals surface area contributed by atoms with Crippen molar-refractivity contribution >= 4 is 35.0 Å². The molecule has 2 amide bonds. The number of carbonyl (C=O) groups is 4. The summed E-state index contributed by atoms with van der Waals surface area (Å²) in [5, 5.41) is 16.0. The van der Waals surface area contributed by atoms with E-state index in [2.05, 4.69) is 10.6 Å². The number of benzene rings is 4. The van der Waals surface area contributed by atoms with Crippen LogP contribution in [0.2, 0.25) is 5.02 Å². The minimum absolute atomic E-state index is 0.000774. The molecule has 0 radical (unpaired) electrons. The predicted molar refractivity (Wildman–Crippen MR) is 224 cm³/mol. The first-order valence-electron chi connectivity index (χ1n) is 19.5. The van der Waals surface area contributed by atoms with E-state index < -0.39 is 23.9 Å². The van der Waals surface area contributed by atoms with Crippen LogP contribution in [0.5, 0.6) is 11.5 Å². The Morgan fingerprint density at radius 1 is 0.879 bits per heavy atom. The minimum Gasteiger partial charge on any atom is -0.492 e. The van der Waals surface area contributed by atoms with Gasteiger partial charge in [0, 0.05) is 81.0 Å². The van der Waals surface area contributed by atoms with Crippen molar-refractivity contribution in [3.63, 3.8) is 0 Å². The molecule has 0 saturated carbocycles. The second-order valence-corrected chi connectivity index (χ2v) is 14.8. The van der Waals surface area contributed by atoms with Gasteiger partial charge in [-0.05, 0) is 70.6 Å². The highest BCUT2D eigenvalue weighted by atomic mass is 35.5. The van der Waals surface area contributed by atoms with E-state index in [9.17, 15) is 24.4 Å². The van der Waals surface area contributed by atoms with Gasteiger partial charge in [0.15, 0.2) is 11.6 Å². The summed E-state index contributed by atoms with van der Waals surface area (Å²) < 4.78 is 12.2. The van der Waals surface area contributed by atoms with Crippen LogP contribution in [-0.2, 0) is 32.1 Å². The molecule has 3 atom stereocenters. The van der Waals surface area contributed by atoms with Gasteiger partial charge >= 0.3 is 0 Å². The fourth-order valence-electron chi connectivity index (χ4n) is 6.92. The lowest BCUT2D eigenvalue weighted by Crippen LogP contribution is -2.45. The monoisotopic (exact) mass is 806 g/mol. The zero-order valence-corrected chi connectivity index (χ0v) is 33.7. The molecule has 4 bridgehead atoms. The summed E-state index contributed by atoms with van der Waals surface area (Å²) in [6.45, 7) is 3.45. The second-order valence-electron chi connectivity index (χ2n) is 14.4. The van der Waals surface area contributed by atoms with Crippen LogP contribution in [0, 0.1) is 17.2 Å². The van der Waals surface area contributed by atoms with E-state index >= 15 is 0 Å². The highest BCUT2D eigenvalue weighted by Crippen LogP contribution is 2.40. The number of rotatable bonds is 16. The molecule has 0 saturated heterocycles. The van der Waals surface area contributed by atoms with Crippen molar-refractivity contribution in [2.24, 2.45) is 17.4 Å². The van der Waals surface area contributed by atoms with E-state index in [0.717, 1.165) is 22.3 Å². The van der Waals surface area contributed by atoms with E-state index in [4.69, 9.17) is 32.5 Å². The third-order valence-corrected chi connectivity index (χ3v) is 10.3. The fraction of sp³-hybridized carbons (Fsp3) is 0.356. The first-order valence-corrected chi connectivity index (χ1v) is 19.9. The third kappa shape index (κ3) is 11.5. The van der Waals surface area contributed by atoms with Crippen molar-refractivity contribution < 1.29 is 28.7 Å². The molecule has 0 unspecified atom stereocenters. The zero-order chi connectivity index (χ0) is 41.6. The average Bonchev–Trinajstić information content (AvgIpc) is 3.23. The number of halogens is 1. The average molecular weight is 807 g/mol. The Morgan fingerprint density at radius 3 is 2.14 bits per heavy atom. The van der Waals surface area contributed by atoms with Crippen LogP contribution in [0.25, 0.3) is 22.3 Å². The molecule has 4 aromatic rings. The van der Waals surface area contributed by atoms with Crippen molar-refractivity contribution in [3.8, 4) is 39.8 Å². The van der Waals surface area contributed by atoms with Gasteiger partial charge in [0.2, 0.25) is 11.8 Å². The lowest BCUT2D eigenvalue weighted by molar-refractivity contribution is -0.139. The first-order chi connectivity index (χ1) is 28.0. The van der Waals surface area contributed by atoms with Gasteiger partial charge in [0.25, 0.3) is 0 Å². The van der Waals surface area contributed by atoms with Crippen LogP contribution < -0.4 is 31.6 Å². The Hall–Kier alpha value is -5.58. The smallest absolute Gasteiger partial charge is 0.224 e. The number of fused-ring (bicyclic) bond motifs is 5. The van der Waals surface area contributed by atoms with Gasteiger partial charge in [0.05, 0.1) is 12.1 Å². The van der Waals surface area contributed by atoms with Gasteiger partial charge in [-0.1, -0.05) is 67.1 Å². The van der Waals surface area contributed by atoms with E-state index in [1.807, 2.05) is 72.8 Å². The Morgan fingerprint density at radius 2 is 1.50 bits per heavy atom. The van der Waals surface area contributed by atoms with E-state index in [-0.39, 0.29) is 75.9 Å². The van der Waals surface area contributed by atoms with Crippen LogP contribution in [-0.4, -0.2) is 74.2 Å². The van der Waals surface area contributed by atoms with Crippen molar-refractivity contribution in [3.05, 3.63) is 107 Å². The number of ketones is 2. The van der Waals surface area contributed by atoms with Gasteiger partial charge in [0.1, 0.15) is 30.8 Å². The molecule has 0 aliphatic carbocycles. The van der Waals surface area contributed by atoms with Crippen LogP contribution in [0.15, 0.2) is 84.9 Å². The number of nitrogens with two attached hydrogens (primary N) is 2. The first kappa shape index (κ1) is 43.5. The van der Waals surface area contributed by atoms with Gasteiger partial charge in [-0.2, -0.15) is 5.26 Å². The maximum Gasteiger partial charge on any atom is 0.224 e. The van der Waals surface area contributed by atoms with Crippen LogP contribution >= 0.6 is 11.6 Å². The number of ether oxygens (including phenoxy) is 2. The molecule has 13 heteroatoms. The maximum atomic E-state index is 14.4. The molecule has 0 aromatic heterocycles. The maximum absolute atomic E-state index is 14.4. The van der Waals surface area contributed by atoms with E-state index in [0.29, 0.717) is 46.3 Å². The normalized spacial score (nSPS) is 16.7. The number of nitrogens with one attached hydrogen (secondary N) is 2. The molecule has 0 fully saturated rings. The number of likely N-dealkylation sites (N-methyl/N-ethyl adjacent to an activating group) is 1. The quantitative estimate of drug-likeness (QED) is 0.105. The highest BCUT2D eigenvalue weighted by Gasteiger charge is 2.33. The minimum atomic E-state index is -1.06. The van der Waals surface area contributed by atoms with Crippen molar-refractivity contribution in [1.29, 1.82) is 5.26 Å². The lowest BCUT2D eigenvalue weighted by atomic mass is 9.89. The summed E-state index contributed by atoms with van der Waals surface area (Å²) in [6, 6.07) is 26.5. The number of hydrogen-bond donors (Lipinski definition) is 4. The van der Waals surface area contributed by atoms with Crippen LogP contribution in [0.1, 0.15) is 55.3 Å². The van der Waals surface area contributed by atoms with Gasteiger partial charge < -0.3 is 36.5 Å². The second kappa shape index (κ2) is 21.3.